The molecule has 136 valence electrons. The quantitative estimate of drug-likeness (QED) is 0.790. The third-order valence-electron chi connectivity index (χ3n) is 3.60. The van der Waals surface area contributed by atoms with E-state index in [9.17, 15) is 18.0 Å². The molecule has 0 saturated heterocycles. The number of amides is 2. The van der Waals surface area contributed by atoms with Crippen molar-refractivity contribution in [2.75, 3.05) is 19.3 Å². The molecule has 0 spiro atoms. The lowest BCUT2D eigenvalue weighted by Gasteiger charge is -2.25. The molecule has 0 aliphatic heterocycles. The van der Waals surface area contributed by atoms with E-state index in [0.29, 0.717) is 0 Å². The Kier molecular flexibility index (Phi) is 6.29. The molecular weight excluding hydrogens is 355 g/mol. The fraction of sp³-hybridized carbons (Fsp3) is 0.400. The fourth-order valence-electron chi connectivity index (χ4n) is 2.10. The Morgan fingerprint density at radius 3 is 2.60 bits per heavy atom. The van der Waals surface area contributed by atoms with Gasteiger partial charge in [0.1, 0.15) is 12.7 Å². The van der Waals surface area contributed by atoms with E-state index >= 15 is 0 Å². The molecule has 1 heterocycles. The van der Waals surface area contributed by atoms with Gasteiger partial charge < -0.3 is 10.2 Å². The summed E-state index contributed by atoms with van der Waals surface area (Å²) in [6, 6.07) is 6.78. The number of nitrogens with one attached hydrogen (secondary N) is 1. The number of alkyl halides is 3. The molecule has 2 aromatic rings. The number of rotatable bonds is 6. The smallest absolute Gasteiger partial charge is 0.337 e. The largest absolute Gasteiger partial charge is 0.441 e. The van der Waals surface area contributed by atoms with E-state index in [1.807, 2.05) is 31.2 Å². The van der Waals surface area contributed by atoms with Gasteiger partial charge in [-0.1, -0.05) is 12.1 Å². The van der Waals surface area contributed by atoms with Crippen LogP contribution in [0.15, 0.2) is 36.9 Å². The summed E-state index contributed by atoms with van der Waals surface area (Å²) in [5.74, 6) is -0.218. The van der Waals surface area contributed by atoms with Gasteiger partial charge in [-0.05, 0) is 36.4 Å². The van der Waals surface area contributed by atoms with Crippen LogP contribution in [0.5, 0.6) is 0 Å². The standard InChI is InChI=1S/C15H18F3N5OS/c1-11(22(2)14(24)20-7-8-25-15(16,17)18)12-3-5-13(6-4-12)23-10-19-9-21-23/h3-6,9-11H,7-8H2,1-2H3,(H,20,24). The molecule has 6 nitrogen and oxygen atoms in total. The van der Waals surface area contributed by atoms with Gasteiger partial charge in [0.05, 0.1) is 11.7 Å². The Balaban J connectivity index is 1.88. The lowest BCUT2D eigenvalue weighted by Crippen LogP contribution is -2.39. The Morgan fingerprint density at radius 1 is 1.36 bits per heavy atom. The van der Waals surface area contributed by atoms with Gasteiger partial charge in [-0.15, -0.1) is 0 Å². The zero-order valence-corrected chi connectivity index (χ0v) is 14.5. The maximum absolute atomic E-state index is 12.1. The lowest BCUT2D eigenvalue weighted by atomic mass is 10.1. The molecule has 0 aliphatic carbocycles. The minimum atomic E-state index is -4.28. The van der Waals surface area contributed by atoms with Crippen LogP contribution in [0.25, 0.3) is 5.69 Å². The molecule has 0 saturated carbocycles. The van der Waals surface area contributed by atoms with E-state index in [2.05, 4.69) is 15.4 Å². The molecule has 1 aromatic carbocycles. The second kappa shape index (κ2) is 8.24. The molecule has 25 heavy (non-hydrogen) atoms. The summed E-state index contributed by atoms with van der Waals surface area (Å²) in [6.07, 6.45) is 3.02. The number of thioether (sulfide) groups is 1. The maximum atomic E-state index is 12.1. The molecule has 2 amide bonds. The van der Waals surface area contributed by atoms with Crippen LogP contribution in [0, 0.1) is 0 Å². The van der Waals surface area contributed by atoms with E-state index in [0.717, 1.165) is 11.3 Å². The molecule has 10 heteroatoms. The summed E-state index contributed by atoms with van der Waals surface area (Å²) in [6.45, 7) is 1.79. The van der Waals surface area contributed by atoms with Crippen molar-refractivity contribution < 1.29 is 18.0 Å². The predicted molar refractivity (Wildman–Crippen MR) is 89.4 cm³/mol. The highest BCUT2D eigenvalue weighted by Crippen LogP contribution is 2.29. The minimum Gasteiger partial charge on any atom is -0.337 e. The van der Waals surface area contributed by atoms with E-state index in [1.54, 1.807) is 18.1 Å². The summed E-state index contributed by atoms with van der Waals surface area (Å²) in [5.41, 5.74) is -2.55. The fourth-order valence-corrected chi connectivity index (χ4v) is 2.53. The van der Waals surface area contributed by atoms with Crippen LogP contribution < -0.4 is 5.32 Å². The van der Waals surface area contributed by atoms with Gasteiger partial charge >= 0.3 is 11.5 Å². The zero-order chi connectivity index (χ0) is 18.4. The summed E-state index contributed by atoms with van der Waals surface area (Å²) in [4.78, 5) is 17.4. The van der Waals surface area contributed by atoms with Crippen LogP contribution in [-0.2, 0) is 0 Å². The van der Waals surface area contributed by atoms with Gasteiger partial charge in [0.15, 0.2) is 0 Å². The average Bonchev–Trinajstić information content (AvgIpc) is 3.11. The first-order valence-corrected chi connectivity index (χ1v) is 8.43. The number of halogens is 3. The summed E-state index contributed by atoms with van der Waals surface area (Å²) < 4.78 is 37.8. The van der Waals surface area contributed by atoms with Gasteiger partial charge in [-0.2, -0.15) is 18.3 Å². The van der Waals surface area contributed by atoms with Crippen molar-refractivity contribution in [1.82, 2.24) is 25.0 Å². The summed E-state index contributed by atoms with van der Waals surface area (Å²) in [7, 11) is 1.60. The molecule has 0 aliphatic rings. The number of benzene rings is 1. The Hall–Kier alpha value is -2.23. The minimum absolute atomic E-state index is 0.0503. The topological polar surface area (TPSA) is 63.1 Å². The monoisotopic (exact) mass is 373 g/mol. The molecule has 0 bridgehead atoms. The predicted octanol–water partition coefficient (Wildman–Crippen LogP) is 3.22. The van der Waals surface area contributed by atoms with Crippen molar-refractivity contribution in [3.63, 3.8) is 0 Å². The van der Waals surface area contributed by atoms with Crippen LogP contribution >= 0.6 is 11.8 Å². The van der Waals surface area contributed by atoms with Gasteiger partial charge in [0.25, 0.3) is 0 Å². The Labute approximate surface area is 147 Å². The molecule has 2 rings (SSSR count). The zero-order valence-electron chi connectivity index (χ0n) is 13.7. The van der Waals surface area contributed by atoms with E-state index < -0.39 is 11.5 Å². The summed E-state index contributed by atoms with van der Waals surface area (Å²) >= 11 is -0.154. The number of carbonyl (C=O) groups excluding carboxylic acids is 1. The van der Waals surface area contributed by atoms with Crippen molar-refractivity contribution in [2.24, 2.45) is 0 Å². The first kappa shape index (κ1) is 19.1. The van der Waals surface area contributed by atoms with Crippen LogP contribution in [0.2, 0.25) is 0 Å². The highest BCUT2D eigenvalue weighted by molar-refractivity contribution is 8.00. The highest BCUT2D eigenvalue weighted by atomic mass is 32.2. The van der Waals surface area contributed by atoms with Crippen LogP contribution in [0.1, 0.15) is 18.5 Å². The van der Waals surface area contributed by atoms with Gasteiger partial charge in [-0.3, -0.25) is 0 Å². The van der Waals surface area contributed by atoms with Crippen molar-refractivity contribution in [3.05, 3.63) is 42.5 Å². The second-order valence-electron chi connectivity index (χ2n) is 5.24. The van der Waals surface area contributed by atoms with Crippen molar-refractivity contribution in [3.8, 4) is 5.69 Å². The number of hydrogen-bond acceptors (Lipinski definition) is 4. The van der Waals surface area contributed by atoms with E-state index in [-0.39, 0.29) is 30.1 Å². The maximum Gasteiger partial charge on any atom is 0.441 e. The van der Waals surface area contributed by atoms with Crippen molar-refractivity contribution >= 4 is 17.8 Å². The molecular formula is C15H18F3N5OS. The molecule has 1 aromatic heterocycles. The Morgan fingerprint density at radius 2 is 2.04 bits per heavy atom. The third-order valence-corrected chi connectivity index (χ3v) is 4.34. The number of hydrogen-bond donors (Lipinski definition) is 1. The van der Waals surface area contributed by atoms with Gasteiger partial charge in [0.2, 0.25) is 0 Å². The van der Waals surface area contributed by atoms with E-state index in [4.69, 9.17) is 0 Å². The average molecular weight is 373 g/mol. The third kappa shape index (κ3) is 5.66. The summed E-state index contributed by atoms with van der Waals surface area (Å²) in [5, 5.41) is 6.52. The first-order chi connectivity index (χ1) is 11.8. The van der Waals surface area contributed by atoms with Crippen LogP contribution in [0.4, 0.5) is 18.0 Å². The Bertz CT molecular complexity index is 675. The molecule has 0 radical (unpaired) electrons. The van der Waals surface area contributed by atoms with Crippen LogP contribution in [-0.4, -0.2) is 50.5 Å². The first-order valence-electron chi connectivity index (χ1n) is 7.44. The number of carbonyl (C=O) groups is 1. The molecule has 1 atom stereocenters. The van der Waals surface area contributed by atoms with Crippen molar-refractivity contribution in [1.29, 1.82) is 0 Å². The highest BCUT2D eigenvalue weighted by Gasteiger charge is 2.27. The molecule has 1 unspecified atom stereocenters. The van der Waals surface area contributed by atoms with Crippen LogP contribution in [0.3, 0.4) is 0 Å². The van der Waals surface area contributed by atoms with E-state index in [1.165, 1.54) is 11.2 Å². The lowest BCUT2D eigenvalue weighted by molar-refractivity contribution is -0.0327. The normalized spacial score (nSPS) is 12.7. The molecule has 1 N–H and O–H groups in total. The second-order valence-corrected chi connectivity index (χ2v) is 6.40. The van der Waals surface area contributed by atoms with Crippen molar-refractivity contribution in [2.45, 2.75) is 18.5 Å². The number of nitrogens with zero attached hydrogens (tertiary/aromatic N) is 4. The van der Waals surface area contributed by atoms with Gasteiger partial charge in [-0.25, -0.2) is 14.5 Å². The number of aromatic nitrogens is 3. The number of urea groups is 1. The van der Waals surface area contributed by atoms with Gasteiger partial charge in [0, 0.05) is 19.3 Å². The SMILES string of the molecule is CC(c1ccc(-n2cncn2)cc1)N(C)C(=O)NCCSC(F)(F)F. The molecule has 0 fully saturated rings.